The van der Waals surface area contributed by atoms with Gasteiger partial charge in [-0.3, -0.25) is 11.3 Å². The van der Waals surface area contributed by atoms with Crippen molar-refractivity contribution < 1.29 is 9.47 Å². The lowest BCUT2D eigenvalue weighted by atomic mass is 10.2. The van der Waals surface area contributed by atoms with Crippen LogP contribution in [0.15, 0.2) is 0 Å². The number of ether oxygens (including phenoxy) is 2. The maximum atomic E-state index is 5.23. The van der Waals surface area contributed by atoms with Crippen molar-refractivity contribution in [3.63, 3.8) is 0 Å². The minimum absolute atomic E-state index is 0.0648. The zero-order valence-corrected chi connectivity index (χ0v) is 6.76. The Hall–Kier alpha value is -0.160. The fourth-order valence-electron chi connectivity index (χ4n) is 0.663. The van der Waals surface area contributed by atoms with E-state index in [0.29, 0.717) is 6.61 Å². The fourth-order valence-corrected chi connectivity index (χ4v) is 0.663. The molecule has 0 radical (unpaired) electrons. The van der Waals surface area contributed by atoms with Gasteiger partial charge in [0.25, 0.3) is 0 Å². The Balaban J connectivity index is 3.56. The quantitative estimate of drug-likeness (QED) is 0.407. The van der Waals surface area contributed by atoms with E-state index in [1.165, 1.54) is 0 Å². The monoisotopic (exact) mass is 148 g/mol. The standard InChI is InChI=1S/C6H16N2O2/c1-5(10-3)6(8-7)4-9-2/h5-6,8H,4,7H2,1-3H3. The third-order valence-corrected chi connectivity index (χ3v) is 1.50. The topological polar surface area (TPSA) is 56.5 Å². The van der Waals surface area contributed by atoms with Gasteiger partial charge in [0.05, 0.1) is 18.8 Å². The Morgan fingerprint density at radius 2 is 2.10 bits per heavy atom. The predicted molar refractivity (Wildman–Crippen MR) is 39.5 cm³/mol. The molecule has 10 heavy (non-hydrogen) atoms. The largest absolute Gasteiger partial charge is 0.383 e. The van der Waals surface area contributed by atoms with Crippen LogP contribution in [0.5, 0.6) is 0 Å². The number of rotatable bonds is 5. The van der Waals surface area contributed by atoms with Crippen LogP contribution < -0.4 is 11.3 Å². The molecule has 0 aromatic rings. The van der Waals surface area contributed by atoms with E-state index in [1.54, 1.807) is 14.2 Å². The zero-order chi connectivity index (χ0) is 7.98. The molecule has 4 heteroatoms. The lowest BCUT2D eigenvalue weighted by Gasteiger charge is -2.20. The van der Waals surface area contributed by atoms with E-state index < -0.39 is 0 Å². The molecule has 2 unspecified atom stereocenters. The highest BCUT2D eigenvalue weighted by Crippen LogP contribution is 1.95. The summed E-state index contributed by atoms with van der Waals surface area (Å²) >= 11 is 0. The predicted octanol–water partition coefficient (Wildman–Crippen LogP) is -0.500. The molecular formula is C6H16N2O2. The van der Waals surface area contributed by atoms with Gasteiger partial charge in [-0.2, -0.15) is 0 Å². The summed E-state index contributed by atoms with van der Waals surface area (Å²) in [6.07, 6.45) is 0.0740. The lowest BCUT2D eigenvalue weighted by molar-refractivity contribution is 0.0459. The Bertz CT molecular complexity index is 80.1. The first-order valence-electron chi connectivity index (χ1n) is 3.24. The molecule has 0 rings (SSSR count). The Labute approximate surface area is 61.7 Å². The molecule has 0 saturated carbocycles. The van der Waals surface area contributed by atoms with Gasteiger partial charge in [0.1, 0.15) is 0 Å². The number of nitrogens with one attached hydrogen (secondary N) is 1. The molecule has 0 aliphatic heterocycles. The van der Waals surface area contributed by atoms with Gasteiger partial charge in [0.2, 0.25) is 0 Å². The first-order chi connectivity index (χ1) is 4.76. The molecule has 4 nitrogen and oxygen atoms in total. The van der Waals surface area contributed by atoms with Crippen LogP contribution in [-0.4, -0.2) is 33.0 Å². The van der Waals surface area contributed by atoms with Gasteiger partial charge in [-0.1, -0.05) is 0 Å². The summed E-state index contributed by atoms with van der Waals surface area (Å²) in [6, 6.07) is 0.0648. The highest BCUT2D eigenvalue weighted by molar-refractivity contribution is 4.69. The molecule has 0 aliphatic rings. The minimum Gasteiger partial charge on any atom is -0.383 e. The first kappa shape index (κ1) is 9.84. The molecule has 0 aliphatic carbocycles. The van der Waals surface area contributed by atoms with E-state index in [0.717, 1.165) is 0 Å². The minimum atomic E-state index is 0.0648. The van der Waals surface area contributed by atoms with E-state index in [1.807, 2.05) is 6.92 Å². The van der Waals surface area contributed by atoms with Gasteiger partial charge >= 0.3 is 0 Å². The van der Waals surface area contributed by atoms with E-state index in [4.69, 9.17) is 15.3 Å². The van der Waals surface area contributed by atoms with Crippen molar-refractivity contribution in [2.75, 3.05) is 20.8 Å². The molecule has 0 saturated heterocycles. The molecule has 0 amide bonds. The Morgan fingerprint density at radius 3 is 2.40 bits per heavy atom. The molecule has 0 aromatic carbocycles. The van der Waals surface area contributed by atoms with Crippen molar-refractivity contribution in [1.82, 2.24) is 5.43 Å². The van der Waals surface area contributed by atoms with Gasteiger partial charge < -0.3 is 9.47 Å². The second-order valence-electron chi connectivity index (χ2n) is 2.17. The molecule has 3 N–H and O–H groups in total. The number of hydrogen-bond donors (Lipinski definition) is 2. The van der Waals surface area contributed by atoms with Crippen molar-refractivity contribution in [2.45, 2.75) is 19.1 Å². The smallest absolute Gasteiger partial charge is 0.0732 e. The molecule has 2 atom stereocenters. The average molecular weight is 148 g/mol. The fraction of sp³-hybridized carbons (Fsp3) is 1.00. The van der Waals surface area contributed by atoms with E-state index in [9.17, 15) is 0 Å². The van der Waals surface area contributed by atoms with Crippen LogP contribution in [0.3, 0.4) is 0 Å². The molecule has 0 bridgehead atoms. The molecule has 0 fully saturated rings. The average Bonchev–Trinajstić information content (AvgIpc) is 1.99. The zero-order valence-electron chi connectivity index (χ0n) is 6.76. The lowest BCUT2D eigenvalue weighted by Crippen LogP contribution is -2.46. The van der Waals surface area contributed by atoms with Crippen molar-refractivity contribution >= 4 is 0 Å². The van der Waals surface area contributed by atoms with Crippen LogP contribution in [0.2, 0.25) is 0 Å². The Morgan fingerprint density at radius 1 is 1.50 bits per heavy atom. The summed E-state index contributed by atoms with van der Waals surface area (Å²) in [5.74, 6) is 5.23. The van der Waals surface area contributed by atoms with Crippen molar-refractivity contribution in [2.24, 2.45) is 5.84 Å². The van der Waals surface area contributed by atoms with E-state index in [2.05, 4.69) is 5.43 Å². The summed E-state index contributed by atoms with van der Waals surface area (Å²) in [5.41, 5.74) is 2.60. The molecule has 0 heterocycles. The summed E-state index contributed by atoms with van der Waals surface area (Å²) in [4.78, 5) is 0. The van der Waals surface area contributed by atoms with Crippen molar-refractivity contribution in [3.8, 4) is 0 Å². The van der Waals surface area contributed by atoms with E-state index in [-0.39, 0.29) is 12.1 Å². The van der Waals surface area contributed by atoms with Crippen LogP contribution in [0.4, 0.5) is 0 Å². The van der Waals surface area contributed by atoms with Crippen molar-refractivity contribution in [3.05, 3.63) is 0 Å². The number of hydrogen-bond acceptors (Lipinski definition) is 4. The maximum Gasteiger partial charge on any atom is 0.0732 e. The third-order valence-electron chi connectivity index (χ3n) is 1.50. The molecule has 0 aromatic heterocycles. The summed E-state index contributed by atoms with van der Waals surface area (Å²) in [6.45, 7) is 2.50. The third kappa shape index (κ3) is 3.12. The van der Waals surface area contributed by atoms with Gasteiger partial charge in [0.15, 0.2) is 0 Å². The molecular weight excluding hydrogens is 132 g/mol. The van der Waals surface area contributed by atoms with E-state index >= 15 is 0 Å². The van der Waals surface area contributed by atoms with Gasteiger partial charge in [-0.25, -0.2) is 0 Å². The second kappa shape index (κ2) is 5.61. The maximum absolute atomic E-state index is 5.23. The van der Waals surface area contributed by atoms with Crippen LogP contribution >= 0.6 is 0 Å². The van der Waals surface area contributed by atoms with Crippen molar-refractivity contribution in [1.29, 1.82) is 0 Å². The van der Waals surface area contributed by atoms with Crippen LogP contribution in [0.25, 0.3) is 0 Å². The van der Waals surface area contributed by atoms with Gasteiger partial charge in [-0.15, -0.1) is 0 Å². The SMILES string of the molecule is COCC(NN)C(C)OC. The van der Waals surface area contributed by atoms with Crippen LogP contribution in [0, 0.1) is 0 Å². The van der Waals surface area contributed by atoms with Gasteiger partial charge in [0, 0.05) is 14.2 Å². The molecule has 0 spiro atoms. The number of hydrazine groups is 1. The summed E-state index contributed by atoms with van der Waals surface area (Å²) in [7, 11) is 3.28. The second-order valence-corrected chi connectivity index (χ2v) is 2.17. The summed E-state index contributed by atoms with van der Waals surface area (Å²) < 4.78 is 9.93. The Kier molecular flexibility index (Phi) is 5.52. The first-order valence-corrected chi connectivity index (χ1v) is 3.24. The normalized spacial score (nSPS) is 16.8. The highest BCUT2D eigenvalue weighted by Gasteiger charge is 2.13. The van der Waals surface area contributed by atoms with Crippen LogP contribution in [-0.2, 0) is 9.47 Å². The number of nitrogens with two attached hydrogens (primary N) is 1. The number of methoxy groups -OCH3 is 2. The van der Waals surface area contributed by atoms with Gasteiger partial charge in [-0.05, 0) is 6.92 Å². The summed E-state index contributed by atoms with van der Waals surface area (Å²) in [5, 5.41) is 0. The molecule has 62 valence electrons. The van der Waals surface area contributed by atoms with Crippen LogP contribution in [0.1, 0.15) is 6.92 Å². The highest BCUT2D eigenvalue weighted by atomic mass is 16.5.